The molecule has 0 amide bonds. The number of nitrogens with one attached hydrogen (secondary N) is 1. The number of aromatic amines is 1. The zero-order valence-electron chi connectivity index (χ0n) is 14.2. The molecule has 0 saturated carbocycles. The lowest BCUT2D eigenvalue weighted by Crippen LogP contribution is -2.44. The van der Waals surface area contributed by atoms with Crippen LogP contribution in [-0.2, 0) is 4.74 Å². The van der Waals surface area contributed by atoms with Crippen molar-refractivity contribution in [2.45, 2.75) is 25.8 Å². The van der Waals surface area contributed by atoms with Gasteiger partial charge in [-0.15, -0.1) is 0 Å². The fraction of sp³-hybridized carbons (Fsp3) is 0.412. The monoisotopic (exact) mass is 337 g/mol. The highest BCUT2D eigenvalue weighted by Gasteiger charge is 2.24. The molecule has 0 bridgehead atoms. The van der Waals surface area contributed by atoms with Gasteiger partial charge < -0.3 is 9.64 Å². The molecule has 0 aliphatic carbocycles. The van der Waals surface area contributed by atoms with Crippen LogP contribution < -0.4 is 4.90 Å². The topological polar surface area (TPSA) is 95.6 Å². The lowest BCUT2D eigenvalue weighted by Gasteiger charge is -2.34. The molecule has 3 aromatic rings. The normalized spacial score (nSPS) is 19.1. The van der Waals surface area contributed by atoms with E-state index in [4.69, 9.17) is 9.72 Å². The fourth-order valence-electron chi connectivity index (χ4n) is 3.19. The molecule has 2 atom stereocenters. The fourth-order valence-corrected chi connectivity index (χ4v) is 3.19. The van der Waals surface area contributed by atoms with Crippen molar-refractivity contribution in [3.05, 3.63) is 30.1 Å². The van der Waals surface area contributed by atoms with Crippen LogP contribution >= 0.6 is 0 Å². The first kappa shape index (κ1) is 15.6. The van der Waals surface area contributed by atoms with Crippen molar-refractivity contribution in [1.29, 1.82) is 5.26 Å². The van der Waals surface area contributed by atoms with Gasteiger partial charge in [-0.3, -0.25) is 5.10 Å². The van der Waals surface area contributed by atoms with E-state index in [9.17, 15) is 5.26 Å². The quantitative estimate of drug-likeness (QED) is 0.785. The Morgan fingerprint density at radius 2 is 2.32 bits per heavy atom. The van der Waals surface area contributed by atoms with Crippen LogP contribution in [0, 0.1) is 11.3 Å². The average Bonchev–Trinajstić information content (AvgIpc) is 3.29. The summed E-state index contributed by atoms with van der Waals surface area (Å²) in [5, 5.41) is 21.8. The minimum atomic E-state index is -0.252. The van der Waals surface area contributed by atoms with Gasteiger partial charge in [0, 0.05) is 24.2 Å². The molecule has 1 unspecified atom stereocenters. The number of fused-ring (bicyclic) bond motifs is 1. The molecule has 1 aliphatic heterocycles. The highest BCUT2D eigenvalue weighted by molar-refractivity contribution is 5.83. The van der Waals surface area contributed by atoms with E-state index in [2.05, 4.69) is 33.2 Å². The number of hydrogen-bond donors (Lipinski definition) is 1. The average molecular weight is 337 g/mol. The summed E-state index contributed by atoms with van der Waals surface area (Å²) in [5.74, 6) is 1.26. The van der Waals surface area contributed by atoms with Crippen molar-refractivity contribution in [3.8, 4) is 11.9 Å². The number of hydrogen-bond acceptors (Lipinski definition) is 6. The van der Waals surface area contributed by atoms with Gasteiger partial charge in [-0.05, 0) is 25.5 Å². The van der Waals surface area contributed by atoms with Crippen LogP contribution in [0.5, 0.6) is 0 Å². The molecule has 3 aromatic heterocycles. The van der Waals surface area contributed by atoms with Crippen molar-refractivity contribution in [3.63, 3.8) is 0 Å². The highest BCUT2D eigenvalue weighted by Crippen LogP contribution is 2.30. The van der Waals surface area contributed by atoms with Crippen molar-refractivity contribution < 1.29 is 4.74 Å². The van der Waals surface area contributed by atoms with Crippen LogP contribution in [0.4, 0.5) is 5.82 Å². The third kappa shape index (κ3) is 2.62. The molecule has 0 aromatic carbocycles. The first-order valence-corrected chi connectivity index (χ1v) is 8.32. The Morgan fingerprint density at radius 3 is 3.04 bits per heavy atom. The second-order valence-corrected chi connectivity index (χ2v) is 6.26. The Labute approximate surface area is 145 Å². The van der Waals surface area contributed by atoms with Crippen LogP contribution in [0.3, 0.4) is 0 Å². The molecule has 8 nitrogen and oxygen atoms in total. The lowest BCUT2D eigenvalue weighted by atomic mass is 10.0. The number of nitrogens with zero attached hydrogens (tertiary/aromatic N) is 6. The van der Waals surface area contributed by atoms with Gasteiger partial charge in [-0.2, -0.15) is 20.1 Å². The lowest BCUT2D eigenvalue weighted by molar-refractivity contribution is 0.0985. The maximum absolute atomic E-state index is 9.44. The second kappa shape index (κ2) is 6.18. The Kier molecular flexibility index (Phi) is 3.86. The Morgan fingerprint density at radius 1 is 1.44 bits per heavy atom. The van der Waals surface area contributed by atoms with Crippen molar-refractivity contribution in [1.82, 2.24) is 25.0 Å². The predicted molar refractivity (Wildman–Crippen MR) is 92.7 cm³/mol. The van der Waals surface area contributed by atoms with Gasteiger partial charge in [0.1, 0.15) is 5.82 Å². The molecule has 1 N–H and O–H groups in total. The van der Waals surface area contributed by atoms with Gasteiger partial charge in [-0.1, -0.05) is 0 Å². The molecule has 4 rings (SSSR count). The van der Waals surface area contributed by atoms with Gasteiger partial charge in [0.05, 0.1) is 37.4 Å². The number of aromatic nitrogens is 5. The Hall–Kier alpha value is -2.92. The van der Waals surface area contributed by atoms with Crippen molar-refractivity contribution >= 4 is 16.9 Å². The smallest absolute Gasteiger partial charge is 0.177 e. The second-order valence-electron chi connectivity index (χ2n) is 6.26. The van der Waals surface area contributed by atoms with Crippen LogP contribution in [-0.4, -0.2) is 50.8 Å². The third-order valence-electron chi connectivity index (χ3n) is 4.58. The minimum Gasteiger partial charge on any atom is -0.377 e. The first-order chi connectivity index (χ1) is 12.2. The molecule has 25 heavy (non-hydrogen) atoms. The first-order valence-electron chi connectivity index (χ1n) is 8.32. The molecule has 1 fully saturated rings. The minimum absolute atomic E-state index is 0.227. The van der Waals surface area contributed by atoms with Gasteiger partial charge in [-0.25, -0.2) is 4.98 Å². The molecule has 1 saturated heterocycles. The molecule has 0 spiro atoms. The number of nitriles is 1. The number of rotatable bonds is 3. The van der Waals surface area contributed by atoms with Crippen LogP contribution in [0.2, 0.25) is 0 Å². The highest BCUT2D eigenvalue weighted by atomic mass is 16.5. The van der Waals surface area contributed by atoms with E-state index in [1.165, 1.54) is 0 Å². The summed E-state index contributed by atoms with van der Waals surface area (Å²) >= 11 is 0. The maximum atomic E-state index is 9.44. The van der Waals surface area contributed by atoms with Gasteiger partial charge in [0.2, 0.25) is 0 Å². The molecular formula is C17H19N7O. The molecular weight excluding hydrogens is 318 g/mol. The summed E-state index contributed by atoms with van der Waals surface area (Å²) in [6.07, 6.45) is 3.50. The standard InChI is InChI=1S/C17H19N7O/c1-11(8-18)13-7-16(23-5-6-25-10-12(23)2)21-17-14(13)9-20-24(17)15-3-4-19-22-15/h3-4,7,9,11-12H,5-6,10H2,1-2H3,(H,19,22)/t11?,12-/m1/s1. The SMILES string of the molecule is CC(C#N)c1cc(N2CCOC[C@H]2C)nc2c1cnn2-c1cc[nH]n1. The summed E-state index contributed by atoms with van der Waals surface area (Å²) in [6, 6.07) is 6.40. The summed E-state index contributed by atoms with van der Waals surface area (Å²) in [4.78, 5) is 7.07. The van der Waals surface area contributed by atoms with E-state index < -0.39 is 0 Å². The molecule has 128 valence electrons. The zero-order valence-corrected chi connectivity index (χ0v) is 14.2. The summed E-state index contributed by atoms with van der Waals surface area (Å²) in [5.41, 5.74) is 1.64. The summed E-state index contributed by atoms with van der Waals surface area (Å²) in [6.45, 7) is 6.13. The van der Waals surface area contributed by atoms with E-state index in [1.54, 1.807) is 17.1 Å². The number of pyridine rings is 1. The number of ether oxygens (including phenoxy) is 1. The number of morpholine rings is 1. The number of H-pyrrole nitrogens is 1. The van der Waals surface area contributed by atoms with Crippen LogP contribution in [0.25, 0.3) is 16.9 Å². The van der Waals surface area contributed by atoms with Gasteiger partial charge >= 0.3 is 0 Å². The van der Waals surface area contributed by atoms with E-state index in [-0.39, 0.29) is 12.0 Å². The molecule has 1 aliphatic rings. The Bertz CT molecular complexity index is 925. The van der Waals surface area contributed by atoms with Crippen LogP contribution in [0.1, 0.15) is 25.3 Å². The summed E-state index contributed by atoms with van der Waals surface area (Å²) < 4.78 is 7.24. The van der Waals surface area contributed by atoms with Gasteiger partial charge in [0.25, 0.3) is 0 Å². The maximum Gasteiger partial charge on any atom is 0.177 e. The number of anilines is 1. The molecule has 4 heterocycles. The zero-order chi connectivity index (χ0) is 17.4. The third-order valence-corrected chi connectivity index (χ3v) is 4.58. The van der Waals surface area contributed by atoms with Gasteiger partial charge in [0.15, 0.2) is 11.5 Å². The largest absolute Gasteiger partial charge is 0.377 e. The van der Waals surface area contributed by atoms with E-state index >= 15 is 0 Å². The van der Waals surface area contributed by atoms with Crippen molar-refractivity contribution in [2.75, 3.05) is 24.7 Å². The van der Waals surface area contributed by atoms with Crippen molar-refractivity contribution in [2.24, 2.45) is 0 Å². The van der Waals surface area contributed by atoms with E-state index in [1.807, 2.05) is 19.1 Å². The van der Waals surface area contributed by atoms with E-state index in [0.717, 1.165) is 23.3 Å². The Balaban J connectivity index is 1.92. The molecule has 0 radical (unpaired) electrons. The molecule has 8 heteroatoms. The predicted octanol–water partition coefficient (Wildman–Crippen LogP) is 2.00. The summed E-state index contributed by atoms with van der Waals surface area (Å²) in [7, 11) is 0. The van der Waals surface area contributed by atoms with E-state index in [0.29, 0.717) is 24.7 Å². The van der Waals surface area contributed by atoms with Crippen LogP contribution in [0.15, 0.2) is 24.5 Å².